The van der Waals surface area contributed by atoms with E-state index in [1.54, 1.807) is 0 Å². The molecule has 0 unspecified atom stereocenters. The summed E-state index contributed by atoms with van der Waals surface area (Å²) in [4.78, 5) is -0.169. The van der Waals surface area contributed by atoms with Crippen molar-refractivity contribution in [1.29, 1.82) is 0 Å². The van der Waals surface area contributed by atoms with Crippen LogP contribution < -0.4 is 4.72 Å². The van der Waals surface area contributed by atoms with Gasteiger partial charge in [-0.2, -0.15) is 0 Å². The van der Waals surface area contributed by atoms with Crippen molar-refractivity contribution in [2.45, 2.75) is 43.0 Å². The molecule has 0 spiro atoms. The Hall–Kier alpha value is -0.690. The van der Waals surface area contributed by atoms with Crippen LogP contribution in [0, 0.1) is 11.7 Å². The molecule has 1 aromatic rings. The molecular weight excluding hydrogens is 317 g/mol. The van der Waals surface area contributed by atoms with Gasteiger partial charge in [0.15, 0.2) is 0 Å². The largest absolute Gasteiger partial charge is 0.394 e. The molecule has 0 aliphatic heterocycles. The van der Waals surface area contributed by atoms with E-state index >= 15 is 0 Å². The summed E-state index contributed by atoms with van der Waals surface area (Å²) < 4.78 is 40.5. The van der Waals surface area contributed by atoms with Gasteiger partial charge in [0.25, 0.3) is 0 Å². The van der Waals surface area contributed by atoms with Crippen LogP contribution in [0.5, 0.6) is 0 Å². The molecular formula is C14H19ClFNO3S. The molecule has 1 fully saturated rings. The highest BCUT2D eigenvalue weighted by molar-refractivity contribution is 7.89. The van der Waals surface area contributed by atoms with Crippen LogP contribution >= 0.6 is 11.6 Å². The SMILES string of the molecule is CC1CCC(CO)(NS(=O)(=O)c2ccc(F)cc2Cl)CC1. The van der Waals surface area contributed by atoms with Crippen molar-refractivity contribution in [3.8, 4) is 0 Å². The molecule has 0 amide bonds. The number of rotatable bonds is 4. The Bertz CT molecular complexity index is 613. The summed E-state index contributed by atoms with van der Waals surface area (Å²) in [7, 11) is -3.90. The van der Waals surface area contributed by atoms with Crippen molar-refractivity contribution in [3.05, 3.63) is 29.0 Å². The van der Waals surface area contributed by atoms with E-state index < -0.39 is 21.4 Å². The second-order valence-corrected chi connectivity index (χ2v) is 7.86. The van der Waals surface area contributed by atoms with E-state index in [-0.39, 0.29) is 16.5 Å². The van der Waals surface area contributed by atoms with Gasteiger partial charge in [-0.1, -0.05) is 18.5 Å². The fourth-order valence-electron chi connectivity index (χ4n) is 2.64. The summed E-state index contributed by atoms with van der Waals surface area (Å²) in [5.41, 5.74) is -0.858. The number of aliphatic hydroxyl groups is 1. The fraction of sp³-hybridized carbons (Fsp3) is 0.571. The minimum atomic E-state index is -3.90. The van der Waals surface area contributed by atoms with E-state index in [2.05, 4.69) is 11.6 Å². The minimum Gasteiger partial charge on any atom is -0.394 e. The second kappa shape index (κ2) is 6.20. The minimum absolute atomic E-state index is 0.167. The Kier molecular flexibility index (Phi) is 4.92. The maximum absolute atomic E-state index is 13.0. The van der Waals surface area contributed by atoms with Crippen LogP contribution in [0.3, 0.4) is 0 Å². The predicted molar refractivity (Wildman–Crippen MR) is 79.2 cm³/mol. The van der Waals surface area contributed by atoms with Gasteiger partial charge in [0.2, 0.25) is 10.0 Å². The normalized spacial score (nSPS) is 26.8. The third-order valence-corrected chi connectivity index (χ3v) is 6.13. The number of hydrogen-bond donors (Lipinski definition) is 2. The maximum atomic E-state index is 13.0. The van der Waals surface area contributed by atoms with Crippen LogP contribution in [0.2, 0.25) is 5.02 Å². The standard InChI is InChI=1S/C14H19ClFNO3S/c1-10-4-6-14(9-18,7-5-10)17-21(19,20)13-3-2-11(16)8-12(13)15/h2-3,8,10,17-18H,4-7,9H2,1H3. The van der Waals surface area contributed by atoms with E-state index in [9.17, 15) is 17.9 Å². The molecule has 0 heterocycles. The van der Waals surface area contributed by atoms with Crippen LogP contribution in [-0.2, 0) is 10.0 Å². The summed E-state index contributed by atoms with van der Waals surface area (Å²) in [6, 6.07) is 3.15. The van der Waals surface area contributed by atoms with Crippen molar-refractivity contribution in [3.63, 3.8) is 0 Å². The summed E-state index contributed by atoms with van der Waals surface area (Å²) in [6.07, 6.45) is 2.84. The first-order chi connectivity index (χ1) is 9.78. The van der Waals surface area contributed by atoms with Gasteiger partial charge in [0, 0.05) is 0 Å². The molecule has 0 aromatic heterocycles. The monoisotopic (exact) mass is 335 g/mol. The highest BCUT2D eigenvalue weighted by atomic mass is 35.5. The highest BCUT2D eigenvalue weighted by Gasteiger charge is 2.38. The van der Waals surface area contributed by atoms with E-state index in [1.807, 2.05) is 0 Å². The van der Waals surface area contributed by atoms with Gasteiger partial charge in [-0.25, -0.2) is 17.5 Å². The topological polar surface area (TPSA) is 66.4 Å². The third kappa shape index (κ3) is 3.74. The summed E-state index contributed by atoms with van der Waals surface area (Å²) in [5, 5.41) is 9.46. The number of nitrogens with one attached hydrogen (secondary N) is 1. The molecule has 1 aliphatic rings. The van der Waals surface area contributed by atoms with Gasteiger partial charge in [-0.05, 0) is 49.8 Å². The molecule has 21 heavy (non-hydrogen) atoms. The number of benzene rings is 1. The lowest BCUT2D eigenvalue weighted by Gasteiger charge is -2.38. The van der Waals surface area contributed by atoms with E-state index in [0.717, 1.165) is 31.0 Å². The van der Waals surface area contributed by atoms with Gasteiger partial charge in [-0.15, -0.1) is 0 Å². The third-order valence-electron chi connectivity index (χ3n) is 4.07. The van der Waals surface area contributed by atoms with Gasteiger partial charge >= 0.3 is 0 Å². The molecule has 1 aromatic carbocycles. The molecule has 1 saturated carbocycles. The van der Waals surface area contributed by atoms with E-state index in [0.29, 0.717) is 18.8 Å². The quantitative estimate of drug-likeness (QED) is 0.889. The lowest BCUT2D eigenvalue weighted by atomic mass is 9.78. The van der Waals surface area contributed by atoms with Crippen molar-refractivity contribution >= 4 is 21.6 Å². The van der Waals surface area contributed by atoms with Gasteiger partial charge < -0.3 is 5.11 Å². The predicted octanol–water partition coefficient (Wildman–Crippen LogP) is 2.70. The van der Waals surface area contributed by atoms with Crippen molar-refractivity contribution in [1.82, 2.24) is 4.72 Å². The Labute approximate surface area is 129 Å². The summed E-state index contributed by atoms with van der Waals surface area (Å²) in [6.45, 7) is 1.84. The molecule has 0 radical (unpaired) electrons. The first-order valence-corrected chi connectivity index (χ1v) is 8.74. The van der Waals surface area contributed by atoms with Crippen LogP contribution in [0.15, 0.2) is 23.1 Å². The number of sulfonamides is 1. The van der Waals surface area contributed by atoms with Crippen LogP contribution in [0.25, 0.3) is 0 Å². The van der Waals surface area contributed by atoms with Crippen molar-refractivity contribution < 1.29 is 17.9 Å². The molecule has 2 N–H and O–H groups in total. The Balaban J connectivity index is 2.27. The smallest absolute Gasteiger partial charge is 0.242 e. The molecule has 2 rings (SSSR count). The van der Waals surface area contributed by atoms with Crippen molar-refractivity contribution in [2.24, 2.45) is 5.92 Å². The molecule has 0 bridgehead atoms. The average Bonchev–Trinajstić information content (AvgIpc) is 2.41. The Morgan fingerprint density at radius 1 is 1.43 bits per heavy atom. The van der Waals surface area contributed by atoms with Crippen LogP contribution in [0.1, 0.15) is 32.6 Å². The summed E-state index contributed by atoms with van der Waals surface area (Å²) >= 11 is 5.82. The van der Waals surface area contributed by atoms with Gasteiger partial charge in [-0.3, -0.25) is 0 Å². The average molecular weight is 336 g/mol. The number of halogens is 2. The van der Waals surface area contributed by atoms with Crippen LogP contribution in [-0.4, -0.2) is 25.7 Å². The first kappa shape index (κ1) is 16.7. The van der Waals surface area contributed by atoms with Gasteiger partial charge in [0.05, 0.1) is 17.2 Å². The molecule has 7 heteroatoms. The Morgan fingerprint density at radius 2 is 2.05 bits per heavy atom. The van der Waals surface area contributed by atoms with E-state index in [4.69, 9.17) is 11.6 Å². The molecule has 118 valence electrons. The van der Waals surface area contributed by atoms with Crippen LogP contribution in [0.4, 0.5) is 4.39 Å². The number of aliphatic hydroxyl groups excluding tert-OH is 1. The highest BCUT2D eigenvalue weighted by Crippen LogP contribution is 2.33. The molecule has 4 nitrogen and oxygen atoms in total. The fourth-order valence-corrected chi connectivity index (χ4v) is 4.62. The first-order valence-electron chi connectivity index (χ1n) is 6.88. The molecule has 0 atom stereocenters. The van der Waals surface area contributed by atoms with Gasteiger partial charge in [0.1, 0.15) is 10.7 Å². The summed E-state index contributed by atoms with van der Waals surface area (Å²) in [5.74, 6) is -0.0779. The zero-order chi connectivity index (χ0) is 15.7. The maximum Gasteiger partial charge on any atom is 0.242 e. The van der Waals surface area contributed by atoms with Crippen molar-refractivity contribution in [2.75, 3.05) is 6.61 Å². The zero-order valence-electron chi connectivity index (χ0n) is 11.8. The molecule has 0 saturated heterocycles. The molecule has 1 aliphatic carbocycles. The lowest BCUT2D eigenvalue weighted by molar-refractivity contribution is 0.125. The zero-order valence-corrected chi connectivity index (χ0v) is 13.3. The number of hydrogen-bond acceptors (Lipinski definition) is 3. The van der Waals surface area contributed by atoms with E-state index in [1.165, 1.54) is 0 Å². The Morgan fingerprint density at radius 3 is 2.57 bits per heavy atom. The second-order valence-electron chi connectivity index (χ2n) is 5.80. The lowest BCUT2D eigenvalue weighted by Crippen LogP contribution is -2.53.